The van der Waals surface area contributed by atoms with E-state index in [2.05, 4.69) is 43.9 Å². The lowest BCUT2D eigenvalue weighted by Gasteiger charge is -2.39. The van der Waals surface area contributed by atoms with Gasteiger partial charge in [-0.2, -0.15) is 11.8 Å². The highest BCUT2D eigenvalue weighted by molar-refractivity contribution is 8.00. The molecule has 2 nitrogen and oxygen atoms in total. The van der Waals surface area contributed by atoms with E-state index in [1.165, 1.54) is 17.0 Å². The first kappa shape index (κ1) is 11.6. The van der Waals surface area contributed by atoms with Crippen molar-refractivity contribution in [2.75, 3.05) is 29.5 Å². The van der Waals surface area contributed by atoms with Gasteiger partial charge in [-0.05, 0) is 38.5 Å². The van der Waals surface area contributed by atoms with Gasteiger partial charge in [-0.15, -0.1) is 0 Å². The van der Waals surface area contributed by atoms with Crippen molar-refractivity contribution >= 4 is 23.1 Å². The van der Waals surface area contributed by atoms with E-state index in [-0.39, 0.29) is 0 Å². The molecule has 3 heteroatoms. The fraction of sp³-hybridized carbons (Fsp3) is 0.538. The topological polar surface area (TPSA) is 29.3 Å². The van der Waals surface area contributed by atoms with E-state index in [1.54, 1.807) is 0 Å². The van der Waals surface area contributed by atoms with Crippen LogP contribution in [0.1, 0.15) is 19.4 Å². The fourth-order valence-corrected chi connectivity index (χ4v) is 3.30. The summed E-state index contributed by atoms with van der Waals surface area (Å²) in [5, 5.41) is 0. The highest BCUT2D eigenvalue weighted by Crippen LogP contribution is 2.34. The summed E-state index contributed by atoms with van der Waals surface area (Å²) in [5.41, 5.74) is 9.42. The molecule has 1 aliphatic heterocycles. The Balaban J connectivity index is 2.23. The average Bonchev–Trinajstić information content (AvgIpc) is 2.15. The Morgan fingerprint density at radius 2 is 2.12 bits per heavy atom. The number of hydrogen-bond donors (Lipinski definition) is 1. The number of thioether (sulfide) groups is 1. The number of anilines is 2. The van der Waals surface area contributed by atoms with Crippen LogP contribution < -0.4 is 10.6 Å². The minimum atomic E-state index is 0.329. The van der Waals surface area contributed by atoms with Crippen molar-refractivity contribution in [1.29, 1.82) is 0 Å². The SMILES string of the molecule is Cc1ccc(N2CCSC(C)(C)C2)c(N)c1. The molecule has 1 fully saturated rings. The van der Waals surface area contributed by atoms with Crippen molar-refractivity contribution in [2.24, 2.45) is 0 Å². The Morgan fingerprint density at radius 1 is 1.38 bits per heavy atom. The van der Waals surface area contributed by atoms with Gasteiger partial charge in [-0.1, -0.05) is 6.07 Å². The Hall–Kier alpha value is -0.830. The first-order valence-corrected chi connectivity index (χ1v) is 6.71. The largest absolute Gasteiger partial charge is 0.397 e. The summed E-state index contributed by atoms with van der Waals surface area (Å²) in [7, 11) is 0. The monoisotopic (exact) mass is 236 g/mol. The van der Waals surface area contributed by atoms with E-state index >= 15 is 0 Å². The second-order valence-corrected chi connectivity index (χ2v) is 6.89. The molecule has 0 aromatic heterocycles. The van der Waals surface area contributed by atoms with Gasteiger partial charge in [0.15, 0.2) is 0 Å². The molecule has 1 aromatic rings. The second kappa shape index (κ2) is 4.21. The van der Waals surface area contributed by atoms with E-state index in [9.17, 15) is 0 Å². The van der Waals surface area contributed by atoms with E-state index in [0.717, 1.165) is 18.8 Å². The van der Waals surface area contributed by atoms with Gasteiger partial charge in [0, 0.05) is 23.6 Å². The predicted octanol–water partition coefficient (Wildman–Crippen LogP) is 2.91. The van der Waals surface area contributed by atoms with Crippen molar-refractivity contribution in [3.8, 4) is 0 Å². The molecule has 2 rings (SSSR count). The molecule has 1 aliphatic rings. The van der Waals surface area contributed by atoms with Gasteiger partial charge < -0.3 is 10.6 Å². The molecule has 88 valence electrons. The van der Waals surface area contributed by atoms with Gasteiger partial charge in [0.2, 0.25) is 0 Å². The smallest absolute Gasteiger partial charge is 0.0600 e. The summed E-state index contributed by atoms with van der Waals surface area (Å²) in [6, 6.07) is 6.35. The summed E-state index contributed by atoms with van der Waals surface area (Å²) in [5.74, 6) is 1.18. The van der Waals surface area contributed by atoms with Crippen molar-refractivity contribution in [3.63, 3.8) is 0 Å². The number of aryl methyl sites for hydroxylation is 1. The summed E-state index contributed by atoms with van der Waals surface area (Å²) < 4.78 is 0.329. The highest BCUT2D eigenvalue weighted by atomic mass is 32.2. The zero-order chi connectivity index (χ0) is 11.8. The quantitative estimate of drug-likeness (QED) is 0.760. The maximum Gasteiger partial charge on any atom is 0.0600 e. The van der Waals surface area contributed by atoms with Crippen molar-refractivity contribution in [2.45, 2.75) is 25.5 Å². The maximum absolute atomic E-state index is 6.09. The Labute approximate surface area is 102 Å². The predicted molar refractivity (Wildman–Crippen MR) is 74.3 cm³/mol. The summed E-state index contributed by atoms with van der Waals surface area (Å²) in [6.45, 7) is 8.85. The first-order valence-electron chi connectivity index (χ1n) is 5.73. The van der Waals surface area contributed by atoms with Gasteiger partial charge in [-0.3, -0.25) is 0 Å². The van der Waals surface area contributed by atoms with E-state index in [1.807, 2.05) is 11.8 Å². The molecule has 2 N–H and O–H groups in total. The molecule has 0 amide bonds. The van der Waals surface area contributed by atoms with Gasteiger partial charge in [0.25, 0.3) is 0 Å². The molecule has 1 aromatic carbocycles. The molecule has 0 spiro atoms. The number of nitrogen functional groups attached to an aromatic ring is 1. The van der Waals surface area contributed by atoms with Crippen molar-refractivity contribution < 1.29 is 0 Å². The van der Waals surface area contributed by atoms with Crippen LogP contribution in [0.2, 0.25) is 0 Å². The van der Waals surface area contributed by atoms with Crippen LogP contribution in [0.15, 0.2) is 18.2 Å². The average molecular weight is 236 g/mol. The summed E-state index contributed by atoms with van der Waals surface area (Å²) in [6.07, 6.45) is 0. The van der Waals surface area contributed by atoms with Gasteiger partial charge in [-0.25, -0.2) is 0 Å². The first-order chi connectivity index (χ1) is 7.48. The van der Waals surface area contributed by atoms with Crippen LogP contribution in [0.4, 0.5) is 11.4 Å². The molecule has 0 saturated carbocycles. The van der Waals surface area contributed by atoms with Crippen LogP contribution in [0, 0.1) is 6.92 Å². The molecule has 1 saturated heterocycles. The standard InChI is InChI=1S/C13H20N2S/c1-10-4-5-12(11(14)8-10)15-6-7-16-13(2,3)9-15/h4-5,8H,6-7,9,14H2,1-3H3. The minimum Gasteiger partial charge on any atom is -0.397 e. The van der Waals surface area contributed by atoms with E-state index < -0.39 is 0 Å². The molecule has 0 unspecified atom stereocenters. The lowest BCUT2D eigenvalue weighted by atomic mass is 10.1. The lowest BCUT2D eigenvalue weighted by molar-refractivity contribution is 0.648. The zero-order valence-electron chi connectivity index (χ0n) is 10.3. The van der Waals surface area contributed by atoms with Crippen LogP contribution in [-0.4, -0.2) is 23.6 Å². The number of benzene rings is 1. The molecule has 1 heterocycles. The molecular formula is C13H20N2S. The highest BCUT2D eigenvalue weighted by Gasteiger charge is 2.27. The third-order valence-corrected chi connectivity index (χ3v) is 4.25. The number of nitrogens with two attached hydrogens (primary N) is 1. The van der Waals surface area contributed by atoms with Crippen LogP contribution in [-0.2, 0) is 0 Å². The van der Waals surface area contributed by atoms with Crippen LogP contribution in [0.3, 0.4) is 0 Å². The molecule has 16 heavy (non-hydrogen) atoms. The van der Waals surface area contributed by atoms with Gasteiger partial charge in [0.05, 0.1) is 11.4 Å². The number of hydrogen-bond acceptors (Lipinski definition) is 3. The molecule has 0 radical (unpaired) electrons. The number of rotatable bonds is 1. The van der Waals surface area contributed by atoms with E-state index in [4.69, 9.17) is 5.73 Å². The zero-order valence-corrected chi connectivity index (χ0v) is 11.1. The molecule has 0 atom stereocenters. The third kappa shape index (κ3) is 2.46. The van der Waals surface area contributed by atoms with Gasteiger partial charge in [0.1, 0.15) is 0 Å². The number of nitrogens with zero attached hydrogens (tertiary/aromatic N) is 1. The minimum absolute atomic E-state index is 0.329. The Kier molecular flexibility index (Phi) is 3.06. The Bertz CT molecular complexity index is 388. The van der Waals surface area contributed by atoms with Gasteiger partial charge >= 0.3 is 0 Å². The van der Waals surface area contributed by atoms with Crippen LogP contribution in [0.5, 0.6) is 0 Å². The Morgan fingerprint density at radius 3 is 2.75 bits per heavy atom. The second-order valence-electron chi connectivity index (χ2n) is 5.09. The molecular weight excluding hydrogens is 216 g/mol. The van der Waals surface area contributed by atoms with Crippen molar-refractivity contribution in [1.82, 2.24) is 0 Å². The van der Waals surface area contributed by atoms with Crippen molar-refractivity contribution in [3.05, 3.63) is 23.8 Å². The normalized spacial score (nSPS) is 19.8. The summed E-state index contributed by atoms with van der Waals surface area (Å²) in [4.78, 5) is 2.41. The maximum atomic E-state index is 6.09. The summed E-state index contributed by atoms with van der Waals surface area (Å²) >= 11 is 2.05. The van der Waals surface area contributed by atoms with Crippen LogP contribution >= 0.6 is 11.8 Å². The van der Waals surface area contributed by atoms with E-state index in [0.29, 0.717) is 4.75 Å². The fourth-order valence-electron chi connectivity index (χ4n) is 2.18. The lowest BCUT2D eigenvalue weighted by Crippen LogP contribution is -2.43. The van der Waals surface area contributed by atoms with Crippen LogP contribution in [0.25, 0.3) is 0 Å². The third-order valence-electron chi connectivity index (χ3n) is 2.95. The molecule has 0 aliphatic carbocycles. The molecule has 0 bridgehead atoms.